The first kappa shape index (κ1) is 16.9. The van der Waals surface area contributed by atoms with E-state index in [9.17, 15) is 18.0 Å². The quantitative estimate of drug-likeness (QED) is 0.770. The molecule has 0 aromatic rings. The minimum atomic E-state index is -3.43. The maximum absolute atomic E-state index is 12.3. The summed E-state index contributed by atoms with van der Waals surface area (Å²) in [6, 6.07) is -0.704. The van der Waals surface area contributed by atoms with Gasteiger partial charge < -0.3 is 10.0 Å². The third-order valence-corrected chi connectivity index (χ3v) is 4.80. The fourth-order valence-electron chi connectivity index (χ4n) is 2.38. The van der Waals surface area contributed by atoms with E-state index >= 15 is 0 Å². The Kier molecular flexibility index (Phi) is 5.52. The Hall–Kier alpha value is -1.15. The van der Waals surface area contributed by atoms with Gasteiger partial charge in [-0.1, -0.05) is 13.3 Å². The lowest BCUT2D eigenvalue weighted by Crippen LogP contribution is -2.52. The van der Waals surface area contributed by atoms with E-state index < -0.39 is 28.0 Å². The molecule has 1 N–H and O–H groups in total. The Morgan fingerprint density at radius 2 is 2.00 bits per heavy atom. The van der Waals surface area contributed by atoms with Crippen molar-refractivity contribution in [3.05, 3.63) is 0 Å². The van der Waals surface area contributed by atoms with Gasteiger partial charge in [-0.05, 0) is 12.8 Å². The van der Waals surface area contributed by atoms with Crippen molar-refractivity contribution in [3.8, 4) is 0 Å². The molecule has 1 heterocycles. The number of rotatable bonds is 5. The number of aliphatic carboxylic acids is 1. The number of nitrogens with zero attached hydrogens (tertiary/aromatic N) is 2. The predicted octanol–water partition coefficient (Wildman–Crippen LogP) is -0.0204. The first-order chi connectivity index (χ1) is 9.14. The normalized spacial score (nSPS) is 22.2. The fraction of sp³-hybridized carbons (Fsp3) is 0.833. The molecule has 0 aromatic carbocycles. The monoisotopic (exact) mass is 306 g/mol. The van der Waals surface area contributed by atoms with Crippen LogP contribution in [0.2, 0.25) is 0 Å². The van der Waals surface area contributed by atoms with E-state index in [-0.39, 0.29) is 12.5 Å². The average Bonchev–Trinajstić information content (AvgIpc) is 2.36. The van der Waals surface area contributed by atoms with E-state index in [1.807, 2.05) is 0 Å². The summed E-state index contributed by atoms with van der Waals surface area (Å²) in [5.41, 5.74) is 0. The fourth-order valence-corrected chi connectivity index (χ4v) is 3.50. The maximum Gasteiger partial charge on any atom is 0.308 e. The molecule has 8 heteroatoms. The van der Waals surface area contributed by atoms with Crippen molar-refractivity contribution < 1.29 is 23.1 Å². The number of hydrogen-bond acceptors (Lipinski definition) is 4. The van der Waals surface area contributed by atoms with Gasteiger partial charge in [-0.2, -0.15) is 4.31 Å². The predicted molar refractivity (Wildman–Crippen MR) is 73.6 cm³/mol. The van der Waals surface area contributed by atoms with Gasteiger partial charge in [0.05, 0.1) is 12.2 Å². The highest BCUT2D eigenvalue weighted by Crippen LogP contribution is 2.21. The maximum atomic E-state index is 12.3. The first-order valence-electron chi connectivity index (χ1n) is 6.59. The molecule has 0 saturated carbocycles. The van der Waals surface area contributed by atoms with Crippen LogP contribution in [0.4, 0.5) is 0 Å². The SMILES string of the molecule is C[C@H](CN(C)C(=O)[C@@H]1CCCCN1S(C)(=O)=O)C(=O)O. The molecular formula is C12H22N2O5S. The van der Waals surface area contributed by atoms with Gasteiger partial charge in [0, 0.05) is 20.1 Å². The van der Waals surface area contributed by atoms with Crippen LogP contribution in [0.5, 0.6) is 0 Å². The Labute approximate surface area is 119 Å². The Morgan fingerprint density at radius 1 is 1.40 bits per heavy atom. The lowest BCUT2D eigenvalue weighted by atomic mass is 10.0. The number of hydrogen-bond donors (Lipinski definition) is 1. The summed E-state index contributed by atoms with van der Waals surface area (Å²) < 4.78 is 24.7. The molecule has 0 aromatic heterocycles. The van der Waals surface area contributed by atoms with E-state index in [1.54, 1.807) is 0 Å². The van der Waals surface area contributed by atoms with Crippen LogP contribution in [0, 0.1) is 5.92 Å². The first-order valence-corrected chi connectivity index (χ1v) is 8.44. The Bertz CT molecular complexity index is 476. The summed E-state index contributed by atoms with van der Waals surface area (Å²) in [5.74, 6) is -1.99. The van der Waals surface area contributed by atoms with Crippen LogP contribution < -0.4 is 0 Å². The molecule has 1 saturated heterocycles. The van der Waals surface area contributed by atoms with Crippen LogP contribution in [0.3, 0.4) is 0 Å². The third-order valence-electron chi connectivity index (χ3n) is 3.51. The van der Waals surface area contributed by atoms with Crippen molar-refractivity contribution in [2.24, 2.45) is 5.92 Å². The van der Waals surface area contributed by atoms with Gasteiger partial charge in [-0.15, -0.1) is 0 Å². The second-order valence-electron chi connectivity index (χ2n) is 5.34. The van der Waals surface area contributed by atoms with Gasteiger partial charge >= 0.3 is 5.97 Å². The van der Waals surface area contributed by atoms with E-state index in [0.717, 1.165) is 19.1 Å². The van der Waals surface area contributed by atoms with Crippen LogP contribution in [0.25, 0.3) is 0 Å². The number of likely N-dealkylation sites (N-methyl/N-ethyl adjacent to an activating group) is 1. The molecule has 0 unspecified atom stereocenters. The van der Waals surface area contributed by atoms with Gasteiger partial charge in [-0.3, -0.25) is 9.59 Å². The average molecular weight is 306 g/mol. The Balaban J connectivity index is 2.80. The zero-order chi connectivity index (χ0) is 15.5. The van der Waals surface area contributed by atoms with Crippen molar-refractivity contribution >= 4 is 21.9 Å². The minimum Gasteiger partial charge on any atom is -0.481 e. The van der Waals surface area contributed by atoms with E-state index in [0.29, 0.717) is 13.0 Å². The molecule has 7 nitrogen and oxygen atoms in total. The molecule has 1 amide bonds. The second-order valence-corrected chi connectivity index (χ2v) is 7.28. The molecule has 0 spiro atoms. The van der Waals surface area contributed by atoms with Crippen LogP contribution in [-0.2, 0) is 19.6 Å². The van der Waals surface area contributed by atoms with Gasteiger partial charge in [0.2, 0.25) is 15.9 Å². The highest BCUT2D eigenvalue weighted by Gasteiger charge is 2.36. The van der Waals surface area contributed by atoms with Crippen molar-refractivity contribution in [3.63, 3.8) is 0 Å². The highest BCUT2D eigenvalue weighted by atomic mass is 32.2. The number of carboxylic acids is 1. The molecule has 2 atom stereocenters. The standard InChI is InChI=1S/C12H22N2O5S/c1-9(12(16)17)8-13(2)11(15)10-6-4-5-7-14(10)20(3,18)19/h9-10H,4-8H2,1-3H3,(H,16,17)/t9-,10+/m1/s1. The van der Waals surface area contributed by atoms with Crippen LogP contribution in [0.1, 0.15) is 26.2 Å². The zero-order valence-electron chi connectivity index (χ0n) is 12.1. The van der Waals surface area contributed by atoms with E-state index in [4.69, 9.17) is 5.11 Å². The summed E-state index contributed by atoms with van der Waals surface area (Å²) in [4.78, 5) is 24.5. The second kappa shape index (κ2) is 6.53. The summed E-state index contributed by atoms with van der Waals surface area (Å²) in [6.07, 6.45) is 3.12. The zero-order valence-corrected chi connectivity index (χ0v) is 12.9. The molecule has 1 aliphatic heterocycles. The van der Waals surface area contributed by atoms with Gasteiger partial charge in [-0.25, -0.2) is 8.42 Å². The van der Waals surface area contributed by atoms with Crippen molar-refractivity contribution in [1.82, 2.24) is 9.21 Å². The van der Waals surface area contributed by atoms with E-state index in [2.05, 4.69) is 0 Å². The summed E-state index contributed by atoms with van der Waals surface area (Å²) in [7, 11) is -1.92. The number of sulfonamides is 1. The van der Waals surface area contributed by atoms with Gasteiger partial charge in [0.25, 0.3) is 0 Å². The number of piperidine rings is 1. The van der Waals surface area contributed by atoms with Crippen molar-refractivity contribution in [1.29, 1.82) is 0 Å². The largest absolute Gasteiger partial charge is 0.481 e. The van der Waals surface area contributed by atoms with Crippen LogP contribution in [0.15, 0.2) is 0 Å². The number of carbonyl (C=O) groups is 2. The molecule has 20 heavy (non-hydrogen) atoms. The smallest absolute Gasteiger partial charge is 0.308 e. The van der Waals surface area contributed by atoms with Gasteiger partial charge in [0.15, 0.2) is 0 Å². The van der Waals surface area contributed by atoms with Crippen molar-refractivity contribution in [2.75, 3.05) is 26.4 Å². The third kappa shape index (κ3) is 4.17. The number of carbonyl (C=O) groups excluding carboxylic acids is 1. The van der Waals surface area contributed by atoms with Crippen molar-refractivity contribution in [2.45, 2.75) is 32.2 Å². The summed E-state index contributed by atoms with van der Waals surface area (Å²) in [5, 5.41) is 8.86. The summed E-state index contributed by atoms with van der Waals surface area (Å²) in [6.45, 7) is 1.93. The Morgan fingerprint density at radius 3 is 2.50 bits per heavy atom. The lowest BCUT2D eigenvalue weighted by Gasteiger charge is -2.35. The molecule has 0 radical (unpaired) electrons. The van der Waals surface area contributed by atoms with E-state index in [1.165, 1.54) is 23.2 Å². The number of amides is 1. The molecule has 0 bridgehead atoms. The summed E-state index contributed by atoms with van der Waals surface area (Å²) >= 11 is 0. The lowest BCUT2D eigenvalue weighted by molar-refractivity contribution is -0.143. The van der Waals surface area contributed by atoms with Crippen LogP contribution >= 0.6 is 0 Å². The highest BCUT2D eigenvalue weighted by molar-refractivity contribution is 7.88. The molecule has 1 aliphatic rings. The molecule has 0 aliphatic carbocycles. The molecule has 1 fully saturated rings. The minimum absolute atomic E-state index is 0.0717. The molecular weight excluding hydrogens is 284 g/mol. The van der Waals surface area contributed by atoms with Gasteiger partial charge in [0.1, 0.15) is 6.04 Å². The van der Waals surface area contributed by atoms with Crippen LogP contribution in [-0.4, -0.2) is 67.0 Å². The molecule has 116 valence electrons. The topological polar surface area (TPSA) is 95.0 Å². The molecule has 1 rings (SSSR count). The number of carboxylic acid groups (broad SMARTS) is 1.